The van der Waals surface area contributed by atoms with Gasteiger partial charge in [0, 0.05) is 15.9 Å². The van der Waals surface area contributed by atoms with Crippen LogP contribution in [0.3, 0.4) is 0 Å². The standard InChI is InChI=1S/C12H17BrClNOS/c13-11-5-10(17-12(11)14)7-15-6-8-2-1-3-9(16)4-8/h5,8-9,15-16H,1-4,6-7H2. The first-order chi connectivity index (χ1) is 8.15. The van der Waals surface area contributed by atoms with Gasteiger partial charge in [-0.05, 0) is 53.7 Å². The summed E-state index contributed by atoms with van der Waals surface area (Å²) in [4.78, 5) is 1.25. The van der Waals surface area contributed by atoms with Gasteiger partial charge in [0.05, 0.1) is 6.10 Å². The third-order valence-electron chi connectivity index (χ3n) is 3.18. The molecular formula is C12H17BrClNOS. The van der Waals surface area contributed by atoms with Crippen LogP contribution in [0.4, 0.5) is 0 Å². The molecule has 0 saturated heterocycles. The van der Waals surface area contributed by atoms with Gasteiger partial charge < -0.3 is 10.4 Å². The van der Waals surface area contributed by atoms with Crippen molar-refractivity contribution in [2.45, 2.75) is 38.3 Å². The molecule has 1 heterocycles. The molecule has 0 amide bonds. The molecule has 1 saturated carbocycles. The lowest BCUT2D eigenvalue weighted by Gasteiger charge is -2.25. The van der Waals surface area contributed by atoms with E-state index in [0.29, 0.717) is 5.92 Å². The number of aliphatic hydroxyl groups is 1. The molecule has 0 aliphatic heterocycles. The van der Waals surface area contributed by atoms with E-state index in [1.165, 1.54) is 11.3 Å². The second-order valence-corrected chi connectivity index (χ2v) is 7.24. The van der Waals surface area contributed by atoms with E-state index in [0.717, 1.165) is 41.2 Å². The van der Waals surface area contributed by atoms with Gasteiger partial charge in [-0.25, -0.2) is 0 Å². The Hall–Kier alpha value is 0.390. The van der Waals surface area contributed by atoms with Gasteiger partial charge in [-0.2, -0.15) is 0 Å². The maximum Gasteiger partial charge on any atom is 0.107 e. The predicted octanol–water partition coefficient (Wildman–Crippen LogP) is 3.80. The summed E-state index contributed by atoms with van der Waals surface area (Å²) >= 11 is 11.0. The van der Waals surface area contributed by atoms with E-state index >= 15 is 0 Å². The molecule has 5 heteroatoms. The molecule has 2 nitrogen and oxygen atoms in total. The normalized spacial score (nSPS) is 25.1. The molecular weight excluding hydrogens is 322 g/mol. The van der Waals surface area contributed by atoms with Crippen molar-refractivity contribution in [2.24, 2.45) is 5.92 Å². The van der Waals surface area contributed by atoms with Gasteiger partial charge in [0.15, 0.2) is 0 Å². The molecule has 2 rings (SSSR count). The SMILES string of the molecule is OC1CCCC(CNCc2cc(Br)c(Cl)s2)C1. The number of aliphatic hydroxyl groups excluding tert-OH is 1. The van der Waals surface area contributed by atoms with Crippen molar-refractivity contribution in [3.05, 3.63) is 19.8 Å². The highest BCUT2D eigenvalue weighted by molar-refractivity contribution is 9.10. The van der Waals surface area contributed by atoms with Gasteiger partial charge in [0.2, 0.25) is 0 Å². The van der Waals surface area contributed by atoms with E-state index in [9.17, 15) is 5.11 Å². The van der Waals surface area contributed by atoms with Gasteiger partial charge >= 0.3 is 0 Å². The van der Waals surface area contributed by atoms with Crippen molar-refractivity contribution in [2.75, 3.05) is 6.54 Å². The van der Waals surface area contributed by atoms with Crippen LogP contribution in [0.15, 0.2) is 10.5 Å². The maximum absolute atomic E-state index is 9.59. The number of nitrogens with one attached hydrogen (secondary N) is 1. The molecule has 0 spiro atoms. The third-order valence-corrected chi connectivity index (χ3v) is 5.66. The topological polar surface area (TPSA) is 32.3 Å². The van der Waals surface area contributed by atoms with E-state index in [2.05, 4.69) is 27.3 Å². The van der Waals surface area contributed by atoms with Crippen LogP contribution in [0.25, 0.3) is 0 Å². The van der Waals surface area contributed by atoms with Crippen molar-refractivity contribution in [1.82, 2.24) is 5.32 Å². The quantitative estimate of drug-likeness (QED) is 0.875. The smallest absolute Gasteiger partial charge is 0.107 e. The van der Waals surface area contributed by atoms with Crippen LogP contribution in [0, 0.1) is 5.92 Å². The van der Waals surface area contributed by atoms with Crippen LogP contribution in [0.5, 0.6) is 0 Å². The van der Waals surface area contributed by atoms with E-state index < -0.39 is 0 Å². The monoisotopic (exact) mass is 337 g/mol. The van der Waals surface area contributed by atoms with Gasteiger partial charge in [-0.15, -0.1) is 11.3 Å². The molecule has 0 radical (unpaired) electrons. The first-order valence-corrected chi connectivity index (χ1v) is 7.96. The van der Waals surface area contributed by atoms with Crippen LogP contribution in [-0.4, -0.2) is 17.8 Å². The van der Waals surface area contributed by atoms with Crippen LogP contribution < -0.4 is 5.32 Å². The van der Waals surface area contributed by atoms with Crippen LogP contribution >= 0.6 is 38.9 Å². The molecule has 0 bridgehead atoms. The second kappa shape index (κ2) is 6.53. The highest BCUT2D eigenvalue weighted by atomic mass is 79.9. The highest BCUT2D eigenvalue weighted by Crippen LogP contribution is 2.32. The number of halogens is 2. The largest absolute Gasteiger partial charge is 0.393 e. The number of thiophene rings is 1. The summed E-state index contributed by atoms with van der Waals surface area (Å²) in [7, 11) is 0. The number of rotatable bonds is 4. The summed E-state index contributed by atoms with van der Waals surface area (Å²) in [6.07, 6.45) is 4.23. The average molecular weight is 339 g/mol. The van der Waals surface area contributed by atoms with E-state index in [1.807, 2.05) is 0 Å². The van der Waals surface area contributed by atoms with Gasteiger partial charge in [0.25, 0.3) is 0 Å². The van der Waals surface area contributed by atoms with Crippen molar-refractivity contribution in [3.8, 4) is 0 Å². The van der Waals surface area contributed by atoms with Gasteiger partial charge in [-0.1, -0.05) is 18.0 Å². The average Bonchev–Trinajstić information content (AvgIpc) is 2.58. The molecule has 2 N–H and O–H groups in total. The molecule has 17 heavy (non-hydrogen) atoms. The number of hydrogen-bond acceptors (Lipinski definition) is 3. The molecule has 2 unspecified atom stereocenters. The molecule has 1 aliphatic carbocycles. The Bertz CT molecular complexity index is 352. The molecule has 1 aromatic rings. The Kier molecular flexibility index (Phi) is 5.30. The lowest BCUT2D eigenvalue weighted by atomic mass is 9.87. The zero-order valence-corrected chi connectivity index (χ0v) is 12.7. The van der Waals surface area contributed by atoms with Crippen LogP contribution in [0.1, 0.15) is 30.6 Å². The molecule has 0 aromatic carbocycles. The summed E-state index contributed by atoms with van der Waals surface area (Å²) in [5.41, 5.74) is 0. The fourth-order valence-corrected chi connectivity index (χ4v) is 4.09. The van der Waals surface area contributed by atoms with E-state index in [-0.39, 0.29) is 6.10 Å². The van der Waals surface area contributed by atoms with Crippen LogP contribution in [-0.2, 0) is 6.54 Å². The first kappa shape index (κ1) is 13.8. The minimum Gasteiger partial charge on any atom is -0.393 e. The lowest BCUT2D eigenvalue weighted by Crippen LogP contribution is -2.28. The molecule has 1 aliphatic rings. The molecule has 2 atom stereocenters. The Morgan fingerprint density at radius 1 is 1.53 bits per heavy atom. The highest BCUT2D eigenvalue weighted by Gasteiger charge is 2.19. The van der Waals surface area contributed by atoms with Gasteiger partial charge in [0.1, 0.15) is 4.34 Å². The second-order valence-electron chi connectivity index (χ2n) is 4.65. The zero-order valence-electron chi connectivity index (χ0n) is 9.59. The van der Waals surface area contributed by atoms with Crippen molar-refractivity contribution >= 4 is 38.9 Å². The fourth-order valence-electron chi connectivity index (χ4n) is 2.33. The fraction of sp³-hybridized carbons (Fsp3) is 0.667. The van der Waals surface area contributed by atoms with Crippen LogP contribution in [0.2, 0.25) is 4.34 Å². The van der Waals surface area contributed by atoms with Crippen molar-refractivity contribution in [3.63, 3.8) is 0 Å². The molecule has 96 valence electrons. The Morgan fingerprint density at radius 3 is 3.00 bits per heavy atom. The maximum atomic E-state index is 9.59. The third kappa shape index (κ3) is 4.21. The molecule has 1 aromatic heterocycles. The predicted molar refractivity (Wildman–Crippen MR) is 76.7 cm³/mol. The Morgan fingerprint density at radius 2 is 2.35 bits per heavy atom. The molecule has 1 fully saturated rings. The van der Waals surface area contributed by atoms with E-state index in [4.69, 9.17) is 11.6 Å². The number of hydrogen-bond donors (Lipinski definition) is 2. The zero-order chi connectivity index (χ0) is 12.3. The summed E-state index contributed by atoms with van der Waals surface area (Å²) in [6, 6.07) is 2.07. The Labute approximate surface area is 120 Å². The first-order valence-electron chi connectivity index (χ1n) is 5.97. The minimum atomic E-state index is -0.0825. The van der Waals surface area contributed by atoms with Gasteiger partial charge in [-0.3, -0.25) is 0 Å². The summed E-state index contributed by atoms with van der Waals surface area (Å²) in [5.74, 6) is 0.623. The summed E-state index contributed by atoms with van der Waals surface area (Å²) < 4.78 is 1.80. The summed E-state index contributed by atoms with van der Waals surface area (Å²) in [6.45, 7) is 1.85. The minimum absolute atomic E-state index is 0.0825. The van der Waals surface area contributed by atoms with Crippen molar-refractivity contribution in [1.29, 1.82) is 0 Å². The van der Waals surface area contributed by atoms with Crippen molar-refractivity contribution < 1.29 is 5.11 Å². The van der Waals surface area contributed by atoms with E-state index in [1.54, 1.807) is 11.3 Å². The lowest BCUT2D eigenvalue weighted by molar-refractivity contribution is 0.101. The Balaban J connectivity index is 1.72. The summed E-state index contributed by atoms with van der Waals surface area (Å²) in [5, 5.41) is 13.0.